The topological polar surface area (TPSA) is 124 Å². The van der Waals surface area contributed by atoms with Gasteiger partial charge in [0.25, 0.3) is 0 Å². The number of rotatable bonds is 4. The number of urea groups is 1. The van der Waals surface area contributed by atoms with Gasteiger partial charge < -0.3 is 20.8 Å². The summed E-state index contributed by atoms with van der Waals surface area (Å²) in [4.78, 5) is 29.2. The third kappa shape index (κ3) is 4.03. The molecule has 2 amide bonds. The molecule has 1 rings (SSSR count). The number of aliphatic carboxylic acids is 1. The Morgan fingerprint density at radius 2 is 2.00 bits per heavy atom. The molecule has 1 unspecified atom stereocenters. The van der Waals surface area contributed by atoms with Gasteiger partial charge in [-0.2, -0.15) is 0 Å². The lowest BCUT2D eigenvalue weighted by Crippen LogP contribution is -2.47. The minimum Gasteiger partial charge on any atom is -0.479 e. The molecule has 1 heterocycles. The summed E-state index contributed by atoms with van der Waals surface area (Å²) in [6, 6.07) is -0.652. The molecular weight excluding hydrogens is 228 g/mol. The van der Waals surface area contributed by atoms with Crippen LogP contribution in [-0.2, 0) is 4.79 Å². The first-order chi connectivity index (χ1) is 7.92. The van der Waals surface area contributed by atoms with E-state index in [1.165, 1.54) is 18.7 Å². The molecule has 1 atom stereocenters. The van der Waals surface area contributed by atoms with Crippen LogP contribution in [0.25, 0.3) is 0 Å². The molecule has 4 N–H and O–H groups in total. The van der Waals surface area contributed by atoms with E-state index in [1.54, 1.807) is 0 Å². The molecule has 8 heteroatoms. The molecule has 0 spiro atoms. The van der Waals surface area contributed by atoms with Crippen LogP contribution in [0.15, 0.2) is 18.7 Å². The smallest absolute Gasteiger partial charge is 0.337 e. The van der Waals surface area contributed by atoms with Gasteiger partial charge in [-0.15, -0.1) is 0 Å². The second kappa shape index (κ2) is 5.21. The van der Waals surface area contributed by atoms with E-state index >= 15 is 0 Å². The molecule has 17 heavy (non-hydrogen) atoms. The van der Waals surface area contributed by atoms with Gasteiger partial charge in [0.05, 0.1) is 24.6 Å². The minimum absolute atomic E-state index is 0.361. The molecule has 0 aliphatic rings. The number of amides is 2. The summed E-state index contributed by atoms with van der Waals surface area (Å²) in [6.07, 6.45) is 4.06. The lowest BCUT2D eigenvalue weighted by Gasteiger charge is -2.18. The standard InChI is InChI=1S/C9H12N4O4/c1-9(17,7(14)15)4-12-8(16)13-6-2-10-5-11-3-6/h2-3,5,17H,4H2,1H3,(H,14,15)(H2,12,13,16). The van der Waals surface area contributed by atoms with Crippen molar-refractivity contribution >= 4 is 17.7 Å². The van der Waals surface area contributed by atoms with E-state index < -0.39 is 24.1 Å². The molecule has 92 valence electrons. The van der Waals surface area contributed by atoms with Crippen molar-refractivity contribution in [3.05, 3.63) is 18.7 Å². The Bertz CT molecular complexity index is 407. The number of carbonyl (C=O) groups excluding carboxylic acids is 1. The number of carbonyl (C=O) groups is 2. The fourth-order valence-electron chi connectivity index (χ4n) is 0.867. The van der Waals surface area contributed by atoms with Crippen LogP contribution in [-0.4, -0.2) is 44.3 Å². The molecule has 1 aromatic heterocycles. The van der Waals surface area contributed by atoms with Crippen molar-refractivity contribution in [3.8, 4) is 0 Å². The minimum atomic E-state index is -2.01. The number of hydrogen-bond donors (Lipinski definition) is 4. The molecule has 0 aromatic carbocycles. The SMILES string of the molecule is CC(O)(CNC(=O)Nc1cncnc1)C(=O)O. The maximum atomic E-state index is 11.3. The van der Waals surface area contributed by atoms with Crippen LogP contribution in [0.4, 0.5) is 10.5 Å². The lowest BCUT2D eigenvalue weighted by atomic mass is 10.1. The number of aliphatic hydroxyl groups is 1. The Labute approximate surface area is 96.7 Å². The highest BCUT2D eigenvalue weighted by atomic mass is 16.4. The van der Waals surface area contributed by atoms with Crippen molar-refractivity contribution in [1.82, 2.24) is 15.3 Å². The maximum Gasteiger partial charge on any atom is 0.337 e. The van der Waals surface area contributed by atoms with Crippen molar-refractivity contribution in [2.75, 3.05) is 11.9 Å². The Morgan fingerprint density at radius 1 is 1.41 bits per heavy atom. The van der Waals surface area contributed by atoms with E-state index in [0.29, 0.717) is 5.69 Å². The average Bonchev–Trinajstić information content (AvgIpc) is 2.28. The summed E-state index contributed by atoms with van der Waals surface area (Å²) in [5, 5.41) is 22.5. The summed E-state index contributed by atoms with van der Waals surface area (Å²) in [6.45, 7) is 0.670. The van der Waals surface area contributed by atoms with Crippen LogP contribution in [0.2, 0.25) is 0 Å². The zero-order valence-electron chi connectivity index (χ0n) is 9.04. The van der Waals surface area contributed by atoms with Gasteiger partial charge in [0.1, 0.15) is 6.33 Å². The van der Waals surface area contributed by atoms with Crippen LogP contribution >= 0.6 is 0 Å². The molecule has 0 bridgehead atoms. The van der Waals surface area contributed by atoms with Crippen molar-refractivity contribution in [2.45, 2.75) is 12.5 Å². The van der Waals surface area contributed by atoms with Gasteiger partial charge in [0.15, 0.2) is 5.60 Å². The predicted octanol–water partition coefficient (Wildman–Crippen LogP) is -0.566. The summed E-state index contributed by atoms with van der Waals surface area (Å²) in [5.41, 5.74) is -1.65. The van der Waals surface area contributed by atoms with Crippen molar-refractivity contribution in [1.29, 1.82) is 0 Å². The van der Waals surface area contributed by atoms with Crippen LogP contribution < -0.4 is 10.6 Å². The number of carboxylic acid groups (broad SMARTS) is 1. The van der Waals surface area contributed by atoms with E-state index in [4.69, 9.17) is 5.11 Å². The first kappa shape index (κ1) is 12.8. The van der Waals surface area contributed by atoms with Gasteiger partial charge in [-0.05, 0) is 6.92 Å². The zero-order valence-corrected chi connectivity index (χ0v) is 9.04. The second-order valence-corrected chi connectivity index (χ2v) is 3.51. The van der Waals surface area contributed by atoms with Gasteiger partial charge >= 0.3 is 12.0 Å². The predicted molar refractivity (Wildman–Crippen MR) is 57.3 cm³/mol. The summed E-state index contributed by atoms with van der Waals surface area (Å²) < 4.78 is 0. The number of aromatic nitrogens is 2. The van der Waals surface area contributed by atoms with E-state index in [-0.39, 0.29) is 0 Å². The Balaban J connectivity index is 2.44. The van der Waals surface area contributed by atoms with Crippen LogP contribution in [0.1, 0.15) is 6.92 Å². The van der Waals surface area contributed by atoms with Gasteiger partial charge in [-0.3, -0.25) is 0 Å². The van der Waals surface area contributed by atoms with E-state index in [1.807, 2.05) is 0 Å². The van der Waals surface area contributed by atoms with Crippen molar-refractivity contribution in [2.24, 2.45) is 0 Å². The largest absolute Gasteiger partial charge is 0.479 e. The molecule has 8 nitrogen and oxygen atoms in total. The number of nitrogens with zero attached hydrogens (tertiary/aromatic N) is 2. The highest BCUT2D eigenvalue weighted by Gasteiger charge is 2.30. The molecule has 1 aromatic rings. The number of hydrogen-bond acceptors (Lipinski definition) is 5. The highest BCUT2D eigenvalue weighted by Crippen LogP contribution is 2.02. The van der Waals surface area contributed by atoms with Crippen LogP contribution in [0.3, 0.4) is 0 Å². The number of carboxylic acids is 1. The third-order valence-electron chi connectivity index (χ3n) is 1.87. The van der Waals surface area contributed by atoms with E-state index in [9.17, 15) is 14.7 Å². The first-order valence-corrected chi connectivity index (χ1v) is 4.67. The number of nitrogens with one attached hydrogen (secondary N) is 2. The summed E-state index contributed by atoms with van der Waals surface area (Å²) >= 11 is 0. The normalized spacial score (nSPS) is 13.5. The molecule has 0 aliphatic heterocycles. The molecule has 0 saturated carbocycles. The van der Waals surface area contributed by atoms with E-state index in [0.717, 1.165) is 6.92 Å². The monoisotopic (exact) mass is 240 g/mol. The molecule has 0 aliphatic carbocycles. The highest BCUT2D eigenvalue weighted by molar-refractivity contribution is 5.89. The Hall–Kier alpha value is -2.22. The lowest BCUT2D eigenvalue weighted by molar-refractivity contribution is -0.155. The first-order valence-electron chi connectivity index (χ1n) is 4.67. The van der Waals surface area contributed by atoms with Crippen molar-refractivity contribution < 1.29 is 19.8 Å². The average molecular weight is 240 g/mol. The van der Waals surface area contributed by atoms with Gasteiger partial charge in [-0.25, -0.2) is 19.6 Å². The second-order valence-electron chi connectivity index (χ2n) is 3.51. The fraction of sp³-hybridized carbons (Fsp3) is 0.333. The van der Waals surface area contributed by atoms with Crippen molar-refractivity contribution in [3.63, 3.8) is 0 Å². The Kier molecular flexibility index (Phi) is 3.94. The van der Waals surface area contributed by atoms with Crippen LogP contribution in [0.5, 0.6) is 0 Å². The third-order valence-corrected chi connectivity index (χ3v) is 1.87. The van der Waals surface area contributed by atoms with Crippen LogP contribution in [0, 0.1) is 0 Å². The molecule has 0 saturated heterocycles. The summed E-state index contributed by atoms with van der Waals surface area (Å²) in [5.74, 6) is -1.42. The molecule has 0 radical (unpaired) electrons. The zero-order chi connectivity index (χ0) is 12.9. The fourth-order valence-corrected chi connectivity index (χ4v) is 0.867. The van der Waals surface area contributed by atoms with Gasteiger partial charge in [0, 0.05) is 0 Å². The molecular formula is C9H12N4O4. The van der Waals surface area contributed by atoms with Gasteiger partial charge in [0.2, 0.25) is 0 Å². The van der Waals surface area contributed by atoms with E-state index in [2.05, 4.69) is 20.6 Å². The number of anilines is 1. The van der Waals surface area contributed by atoms with Gasteiger partial charge in [-0.1, -0.05) is 0 Å². The quantitative estimate of drug-likeness (QED) is 0.558. The molecule has 0 fully saturated rings. The maximum absolute atomic E-state index is 11.3. The Morgan fingerprint density at radius 3 is 2.53 bits per heavy atom. The summed E-state index contributed by atoms with van der Waals surface area (Å²) in [7, 11) is 0.